The fraction of sp³-hybridized carbons (Fsp3) is 0.400. The molecule has 0 spiro atoms. The lowest BCUT2D eigenvalue weighted by Crippen LogP contribution is -2.03. The Kier molecular flexibility index (Phi) is 4.72. The Morgan fingerprint density at radius 3 is 2.86 bits per heavy atom. The Bertz CT molecular complexity index is 286. The second-order valence-corrected chi connectivity index (χ2v) is 4.84. The van der Waals surface area contributed by atoms with Crippen LogP contribution in [-0.2, 0) is 5.75 Å². The van der Waals surface area contributed by atoms with Gasteiger partial charge in [0.25, 0.3) is 0 Å². The minimum atomic E-state index is -0.282. The van der Waals surface area contributed by atoms with Crippen LogP contribution in [-0.4, -0.2) is 17.0 Å². The fourth-order valence-corrected chi connectivity index (χ4v) is 2.11. The predicted octanol–water partition coefficient (Wildman–Crippen LogP) is 3.09. The second kappa shape index (κ2) is 5.59. The van der Waals surface area contributed by atoms with E-state index in [-0.39, 0.29) is 17.7 Å². The van der Waals surface area contributed by atoms with Gasteiger partial charge in [0.05, 0.1) is 6.61 Å². The van der Waals surface area contributed by atoms with E-state index in [4.69, 9.17) is 16.7 Å². The molecular weight excluding hydrogens is 223 g/mol. The highest BCUT2D eigenvalue weighted by Crippen LogP contribution is 2.25. The van der Waals surface area contributed by atoms with Gasteiger partial charge < -0.3 is 5.11 Å². The standard InChI is InChI=1S/C10H12ClFOS/c1-7(5-13)14-6-8-9(11)3-2-4-10(8)12/h2-4,7,13H,5-6H2,1H3. The number of thioether (sulfide) groups is 1. The first-order chi connectivity index (χ1) is 6.65. The lowest BCUT2D eigenvalue weighted by molar-refractivity contribution is 0.300. The van der Waals surface area contributed by atoms with Crippen molar-refractivity contribution in [1.82, 2.24) is 0 Å². The summed E-state index contributed by atoms with van der Waals surface area (Å²) in [5.41, 5.74) is 0.513. The Labute approximate surface area is 92.3 Å². The van der Waals surface area contributed by atoms with Crippen molar-refractivity contribution in [1.29, 1.82) is 0 Å². The summed E-state index contributed by atoms with van der Waals surface area (Å²) in [6, 6.07) is 4.65. The third-order valence-corrected chi connectivity index (χ3v) is 3.36. The molecule has 0 amide bonds. The summed E-state index contributed by atoms with van der Waals surface area (Å²) in [5.74, 6) is 0.211. The molecule has 0 bridgehead atoms. The van der Waals surface area contributed by atoms with E-state index in [0.29, 0.717) is 16.3 Å². The second-order valence-electron chi connectivity index (χ2n) is 3.00. The Balaban J connectivity index is 2.66. The Morgan fingerprint density at radius 2 is 2.29 bits per heavy atom. The first-order valence-electron chi connectivity index (χ1n) is 4.30. The van der Waals surface area contributed by atoms with Crippen LogP contribution in [0.1, 0.15) is 12.5 Å². The van der Waals surface area contributed by atoms with Crippen molar-refractivity contribution >= 4 is 23.4 Å². The van der Waals surface area contributed by atoms with Gasteiger partial charge in [0, 0.05) is 21.6 Å². The van der Waals surface area contributed by atoms with E-state index in [1.807, 2.05) is 6.92 Å². The molecule has 0 radical (unpaired) electrons. The van der Waals surface area contributed by atoms with Crippen LogP contribution < -0.4 is 0 Å². The molecule has 1 nitrogen and oxygen atoms in total. The van der Waals surface area contributed by atoms with Crippen molar-refractivity contribution in [3.8, 4) is 0 Å². The molecule has 0 aliphatic rings. The van der Waals surface area contributed by atoms with Gasteiger partial charge in [-0.05, 0) is 12.1 Å². The maximum atomic E-state index is 13.2. The van der Waals surface area contributed by atoms with E-state index in [0.717, 1.165) is 0 Å². The average molecular weight is 235 g/mol. The molecule has 14 heavy (non-hydrogen) atoms. The number of hydrogen-bond acceptors (Lipinski definition) is 2. The van der Waals surface area contributed by atoms with Gasteiger partial charge >= 0.3 is 0 Å². The van der Waals surface area contributed by atoms with Gasteiger partial charge in [-0.25, -0.2) is 4.39 Å². The number of rotatable bonds is 4. The summed E-state index contributed by atoms with van der Waals surface area (Å²) in [7, 11) is 0. The van der Waals surface area contributed by atoms with Crippen molar-refractivity contribution in [3.05, 3.63) is 34.6 Å². The molecule has 0 aliphatic heterocycles. The van der Waals surface area contributed by atoms with E-state index in [9.17, 15) is 4.39 Å². The maximum absolute atomic E-state index is 13.2. The van der Waals surface area contributed by atoms with Crippen LogP contribution in [0.4, 0.5) is 4.39 Å². The van der Waals surface area contributed by atoms with Crippen LogP contribution in [0.3, 0.4) is 0 Å². The van der Waals surface area contributed by atoms with Crippen LogP contribution in [0.5, 0.6) is 0 Å². The maximum Gasteiger partial charge on any atom is 0.128 e. The highest BCUT2D eigenvalue weighted by molar-refractivity contribution is 7.99. The van der Waals surface area contributed by atoms with Gasteiger partial charge in [0.1, 0.15) is 5.82 Å². The molecule has 1 unspecified atom stereocenters. The number of halogens is 2. The number of aliphatic hydroxyl groups excluding tert-OH is 1. The molecule has 0 aliphatic carbocycles. The summed E-state index contributed by atoms with van der Waals surface area (Å²) in [6.07, 6.45) is 0. The summed E-state index contributed by atoms with van der Waals surface area (Å²) < 4.78 is 13.2. The highest BCUT2D eigenvalue weighted by atomic mass is 35.5. The zero-order valence-electron chi connectivity index (χ0n) is 7.84. The Hall–Kier alpha value is -0.250. The number of hydrogen-bond donors (Lipinski definition) is 1. The molecule has 1 N–H and O–H groups in total. The SMILES string of the molecule is CC(CO)SCc1c(F)cccc1Cl. The molecule has 1 aromatic rings. The molecule has 0 aromatic heterocycles. The monoisotopic (exact) mass is 234 g/mol. The van der Waals surface area contributed by atoms with Crippen LogP contribution in [0.15, 0.2) is 18.2 Å². The van der Waals surface area contributed by atoms with Crippen LogP contribution in [0.25, 0.3) is 0 Å². The number of benzene rings is 1. The van der Waals surface area contributed by atoms with Crippen molar-refractivity contribution in [2.75, 3.05) is 6.61 Å². The van der Waals surface area contributed by atoms with Crippen molar-refractivity contribution < 1.29 is 9.50 Å². The average Bonchev–Trinajstić information content (AvgIpc) is 2.16. The minimum absolute atomic E-state index is 0.0940. The summed E-state index contributed by atoms with van der Waals surface area (Å²) in [4.78, 5) is 0. The molecule has 4 heteroatoms. The molecule has 0 saturated carbocycles. The summed E-state index contributed by atoms with van der Waals surface area (Å²) >= 11 is 7.32. The van der Waals surface area contributed by atoms with Crippen LogP contribution in [0, 0.1) is 5.82 Å². The molecular formula is C10H12ClFOS. The van der Waals surface area contributed by atoms with Crippen molar-refractivity contribution in [2.45, 2.75) is 17.9 Å². The lowest BCUT2D eigenvalue weighted by Gasteiger charge is -2.09. The number of aliphatic hydroxyl groups is 1. The smallest absolute Gasteiger partial charge is 0.128 e. The predicted molar refractivity (Wildman–Crippen MR) is 59.3 cm³/mol. The Morgan fingerprint density at radius 1 is 1.57 bits per heavy atom. The normalized spacial score (nSPS) is 12.9. The van der Waals surface area contributed by atoms with E-state index >= 15 is 0 Å². The first kappa shape index (κ1) is 11.8. The zero-order valence-corrected chi connectivity index (χ0v) is 9.41. The lowest BCUT2D eigenvalue weighted by atomic mass is 10.2. The van der Waals surface area contributed by atoms with Gasteiger partial charge in [0.15, 0.2) is 0 Å². The minimum Gasteiger partial charge on any atom is -0.395 e. The summed E-state index contributed by atoms with van der Waals surface area (Å²) in [6.45, 7) is 1.98. The molecule has 0 heterocycles. The zero-order chi connectivity index (χ0) is 10.6. The van der Waals surface area contributed by atoms with Gasteiger partial charge in [-0.3, -0.25) is 0 Å². The first-order valence-corrected chi connectivity index (χ1v) is 5.73. The highest BCUT2D eigenvalue weighted by Gasteiger charge is 2.08. The van der Waals surface area contributed by atoms with E-state index < -0.39 is 0 Å². The van der Waals surface area contributed by atoms with Gasteiger partial charge in [-0.15, -0.1) is 0 Å². The largest absolute Gasteiger partial charge is 0.395 e. The topological polar surface area (TPSA) is 20.2 Å². The van der Waals surface area contributed by atoms with Crippen molar-refractivity contribution in [3.63, 3.8) is 0 Å². The van der Waals surface area contributed by atoms with Gasteiger partial charge in [-0.2, -0.15) is 11.8 Å². The quantitative estimate of drug-likeness (QED) is 0.864. The molecule has 0 saturated heterocycles. The fourth-order valence-electron chi connectivity index (χ4n) is 0.949. The van der Waals surface area contributed by atoms with Crippen LogP contribution in [0.2, 0.25) is 5.02 Å². The molecule has 0 fully saturated rings. The third kappa shape index (κ3) is 3.15. The van der Waals surface area contributed by atoms with Gasteiger partial charge in [-0.1, -0.05) is 24.6 Å². The van der Waals surface area contributed by atoms with E-state index in [1.165, 1.54) is 17.8 Å². The summed E-state index contributed by atoms with van der Waals surface area (Å²) in [5, 5.41) is 9.35. The third-order valence-electron chi connectivity index (χ3n) is 1.83. The molecule has 78 valence electrons. The molecule has 1 atom stereocenters. The van der Waals surface area contributed by atoms with E-state index in [1.54, 1.807) is 12.1 Å². The van der Waals surface area contributed by atoms with Gasteiger partial charge in [0.2, 0.25) is 0 Å². The van der Waals surface area contributed by atoms with E-state index in [2.05, 4.69) is 0 Å². The van der Waals surface area contributed by atoms with Crippen molar-refractivity contribution in [2.24, 2.45) is 0 Å². The van der Waals surface area contributed by atoms with Crippen LogP contribution >= 0.6 is 23.4 Å². The molecule has 1 rings (SSSR count). The molecule has 1 aromatic carbocycles.